The zero-order valence-corrected chi connectivity index (χ0v) is 62.9. The highest BCUT2D eigenvalue weighted by atomic mass is 19.1. The first-order valence-electron chi connectivity index (χ1n) is 38.3. The fourth-order valence-corrected chi connectivity index (χ4v) is 17.8. The molecule has 2 aliphatic carbocycles. The van der Waals surface area contributed by atoms with Crippen LogP contribution in [0.15, 0.2) is 369 Å². The summed E-state index contributed by atoms with van der Waals surface area (Å²) < 4.78 is 49.4. The second-order valence-corrected chi connectivity index (χ2v) is 29.6. The molecule has 0 saturated carbocycles. The molecule has 0 bridgehead atoms. The number of furan rings is 1. The van der Waals surface area contributed by atoms with Gasteiger partial charge in [0.1, 0.15) is 45.8 Å². The summed E-state index contributed by atoms with van der Waals surface area (Å²) in [6, 6.07) is 122. The Morgan fingerprint density at radius 3 is 1.00 bits per heavy atom. The van der Waals surface area contributed by atoms with Crippen LogP contribution in [0.2, 0.25) is 0 Å². The molecule has 0 spiro atoms. The molecule has 113 heavy (non-hydrogen) atoms. The fraction of sp³-hybridized carbons (Fsp3) is 0.0566. The molecule has 0 saturated heterocycles. The summed E-state index contributed by atoms with van der Waals surface area (Å²) in [6.07, 6.45) is 3.66. The Morgan fingerprint density at radius 1 is 0.292 bits per heavy atom. The summed E-state index contributed by atoms with van der Waals surface area (Å²) in [5, 5.41) is 1.86. The van der Waals surface area contributed by atoms with Crippen molar-refractivity contribution in [3.8, 4) is 67.5 Å². The van der Waals surface area contributed by atoms with Gasteiger partial charge in [-0.3, -0.25) is 0 Å². The predicted molar refractivity (Wildman–Crippen MR) is 461 cm³/mol. The minimum atomic E-state index is -0.770. The predicted octanol–water partition coefficient (Wildman–Crippen LogP) is 29.0. The summed E-state index contributed by atoms with van der Waals surface area (Å²) in [7, 11) is 0. The van der Waals surface area contributed by atoms with E-state index in [9.17, 15) is 8.78 Å². The van der Waals surface area contributed by atoms with Gasteiger partial charge in [0.25, 0.3) is 0 Å². The molecule has 7 heteroatoms. The van der Waals surface area contributed by atoms with Crippen LogP contribution in [0.4, 0.5) is 42.9 Å². The van der Waals surface area contributed by atoms with Gasteiger partial charge in [0.05, 0.1) is 10.8 Å². The number of nitrogens with zero attached hydrogens (tertiary/aromatic N) is 2. The second-order valence-electron chi connectivity index (χ2n) is 29.6. The first-order valence-corrected chi connectivity index (χ1v) is 38.3. The summed E-state index contributed by atoms with van der Waals surface area (Å²) in [4.78, 5) is 4.80. The van der Waals surface area contributed by atoms with Gasteiger partial charge in [0.15, 0.2) is 0 Å². The van der Waals surface area contributed by atoms with Crippen LogP contribution < -0.4 is 19.3 Å². The van der Waals surface area contributed by atoms with E-state index in [0.717, 1.165) is 190 Å². The number of rotatable bonds is 18. The molecule has 19 rings (SSSR count). The third kappa shape index (κ3) is 11.8. The van der Waals surface area contributed by atoms with Crippen molar-refractivity contribution in [1.82, 2.24) is 0 Å². The SMILES string of the molecule is C=Cc1ccc(Oc2ccc(C3(c4ccccc4)c4ccccc4-c4ccc(N(c5ccc6oc7ccc(N(c8ccc9c(c8)C(c8ccccc8)(c8ccc(Oc%10ccc(C=C)cc%10)cc8)c8ccccc8-9)c8cc(C)c(-c9ccc(F)cc9)cc8C)cc7c6c5)c5cc(C)c(-c6ccc(F)cc6)cc5C)cc43)cc2)cc1. The minimum absolute atomic E-state index is 0.281. The highest BCUT2D eigenvalue weighted by Gasteiger charge is 2.48. The van der Waals surface area contributed by atoms with Crippen LogP contribution in [0.25, 0.3) is 78.6 Å². The molecule has 0 fully saturated rings. The van der Waals surface area contributed by atoms with E-state index in [2.05, 4.69) is 305 Å². The molecule has 0 radical (unpaired) electrons. The van der Waals surface area contributed by atoms with Crippen molar-refractivity contribution in [2.45, 2.75) is 38.5 Å². The van der Waals surface area contributed by atoms with Gasteiger partial charge < -0.3 is 23.7 Å². The highest BCUT2D eigenvalue weighted by molar-refractivity contribution is 6.09. The Kier molecular flexibility index (Phi) is 17.2. The number of halogens is 2. The van der Waals surface area contributed by atoms with Crippen LogP contribution in [0, 0.1) is 39.3 Å². The van der Waals surface area contributed by atoms with Gasteiger partial charge in [-0.25, -0.2) is 8.78 Å². The fourth-order valence-electron chi connectivity index (χ4n) is 17.8. The van der Waals surface area contributed by atoms with Crippen molar-refractivity contribution in [3.63, 3.8) is 0 Å². The lowest BCUT2D eigenvalue weighted by atomic mass is 9.67. The Balaban J connectivity index is 0.796. The van der Waals surface area contributed by atoms with E-state index >= 15 is 0 Å². The number of benzene rings is 16. The van der Waals surface area contributed by atoms with Gasteiger partial charge in [0, 0.05) is 44.9 Å². The maximum atomic E-state index is 14.7. The molecule has 16 aromatic carbocycles. The number of anilines is 6. The van der Waals surface area contributed by atoms with E-state index < -0.39 is 10.8 Å². The zero-order chi connectivity index (χ0) is 76.6. The number of hydrogen-bond donors (Lipinski definition) is 0. The van der Waals surface area contributed by atoms with Crippen LogP contribution in [0.3, 0.4) is 0 Å². The molecular formula is C106H76F2N2O3. The van der Waals surface area contributed by atoms with E-state index in [-0.39, 0.29) is 11.6 Å². The third-order valence-electron chi connectivity index (χ3n) is 23.1. The molecular weight excluding hydrogens is 1390 g/mol. The van der Waals surface area contributed by atoms with Crippen molar-refractivity contribution >= 4 is 68.2 Å². The van der Waals surface area contributed by atoms with Crippen molar-refractivity contribution in [2.75, 3.05) is 9.80 Å². The van der Waals surface area contributed by atoms with Crippen molar-refractivity contribution in [3.05, 3.63) is 455 Å². The molecule has 0 amide bonds. The van der Waals surface area contributed by atoms with Gasteiger partial charge in [0.2, 0.25) is 0 Å². The van der Waals surface area contributed by atoms with Crippen LogP contribution in [-0.2, 0) is 10.8 Å². The van der Waals surface area contributed by atoms with Crippen LogP contribution in [0.1, 0.15) is 77.9 Å². The number of ether oxygens (including phenoxy) is 2. The van der Waals surface area contributed by atoms with E-state index in [1.54, 1.807) is 0 Å². The first kappa shape index (κ1) is 69.3. The quantitative estimate of drug-likeness (QED) is 0.0856. The lowest BCUT2D eigenvalue weighted by Gasteiger charge is -2.35. The maximum absolute atomic E-state index is 14.7. The molecule has 1 aromatic heterocycles. The van der Waals surface area contributed by atoms with Gasteiger partial charge >= 0.3 is 0 Å². The second kappa shape index (κ2) is 28.1. The lowest BCUT2D eigenvalue weighted by Crippen LogP contribution is -2.28. The number of hydrogen-bond acceptors (Lipinski definition) is 5. The highest BCUT2D eigenvalue weighted by Crippen LogP contribution is 2.60. The Bertz CT molecular complexity index is 6170. The average molecular weight is 1460 g/mol. The molecule has 542 valence electrons. The van der Waals surface area contributed by atoms with Crippen molar-refractivity contribution < 1.29 is 22.7 Å². The molecule has 1 heterocycles. The molecule has 2 atom stereocenters. The number of fused-ring (bicyclic) bond motifs is 9. The van der Waals surface area contributed by atoms with Crippen molar-refractivity contribution in [2.24, 2.45) is 0 Å². The molecule has 0 aliphatic heterocycles. The molecule has 0 N–H and O–H groups in total. The van der Waals surface area contributed by atoms with Gasteiger partial charge in [-0.2, -0.15) is 0 Å². The smallest absolute Gasteiger partial charge is 0.135 e. The molecule has 2 unspecified atom stereocenters. The number of aryl methyl sites for hydroxylation is 4. The van der Waals surface area contributed by atoms with E-state index in [0.29, 0.717) is 0 Å². The summed E-state index contributed by atoms with van der Waals surface area (Å²) in [6.45, 7) is 16.5. The first-order chi connectivity index (χ1) is 55.3. The third-order valence-corrected chi connectivity index (χ3v) is 23.1. The molecule has 2 aliphatic rings. The lowest BCUT2D eigenvalue weighted by molar-refractivity contribution is 0.482. The Labute approximate surface area is 657 Å². The van der Waals surface area contributed by atoms with Crippen LogP contribution >= 0.6 is 0 Å². The minimum Gasteiger partial charge on any atom is -0.457 e. The largest absolute Gasteiger partial charge is 0.457 e. The monoisotopic (exact) mass is 1460 g/mol. The zero-order valence-electron chi connectivity index (χ0n) is 62.9. The van der Waals surface area contributed by atoms with Gasteiger partial charge in [-0.1, -0.05) is 219 Å². The Hall–Kier alpha value is -14.1. The summed E-state index contributed by atoms with van der Waals surface area (Å²) in [5.41, 5.74) is 29.4. The van der Waals surface area contributed by atoms with E-state index in [1.807, 2.05) is 84.9 Å². The molecule has 17 aromatic rings. The maximum Gasteiger partial charge on any atom is 0.135 e. The van der Waals surface area contributed by atoms with Crippen LogP contribution in [0.5, 0.6) is 23.0 Å². The molecule has 5 nitrogen and oxygen atoms in total. The summed E-state index contributed by atoms with van der Waals surface area (Å²) >= 11 is 0. The van der Waals surface area contributed by atoms with Crippen molar-refractivity contribution in [1.29, 1.82) is 0 Å². The topological polar surface area (TPSA) is 38.1 Å². The van der Waals surface area contributed by atoms with Gasteiger partial charge in [-0.05, 0) is 308 Å². The van der Waals surface area contributed by atoms with Gasteiger partial charge in [-0.15, -0.1) is 0 Å². The van der Waals surface area contributed by atoms with E-state index in [1.165, 1.54) is 35.4 Å². The van der Waals surface area contributed by atoms with E-state index in [4.69, 9.17) is 13.9 Å². The summed E-state index contributed by atoms with van der Waals surface area (Å²) in [5.74, 6) is 2.37. The normalized spacial score (nSPS) is 14.4. The standard InChI is InChI=1S/C106H76F2N2O3/c1-7-71-27-47-85(48-28-71)111-87-51-35-77(36-52-87)105(75-19-11-9-12-20-75)97-25-17-15-23-89(97)91-55-43-83(65-99(91)105)109(101-61-67(3)93(59-69(101)5)73-31-39-79(107)40-32-73)81-45-57-103-95(63-81)96-64-82(46-58-104(96)113-103)110(102-62-68(4)94(60-70(102)6)74-33-41-80(108)42-34-74)84-44-56-92-90-24-16-18-26-98(90)106(100(92)66-84,76-21-13-10-14-22-76)78-37-53-88(54-38-78)112-86-49-29-72(8-2)30-50-86/h7-66H,1-2H2,3-6H3. The van der Waals surface area contributed by atoms with Crippen LogP contribution in [-0.4, -0.2) is 0 Å². The average Bonchev–Trinajstić information content (AvgIpc) is 1.55. The Morgan fingerprint density at radius 2 is 0.619 bits per heavy atom.